The fourth-order valence-corrected chi connectivity index (χ4v) is 6.40. The second kappa shape index (κ2) is 38.2. The molecule has 2 atom stereocenters. The Morgan fingerprint density at radius 1 is 0.564 bits per heavy atom. The number of aliphatic carboxylic acids is 1. The molecule has 0 heterocycles. The summed E-state index contributed by atoms with van der Waals surface area (Å²) in [7, 11) is 5.52. The summed E-state index contributed by atoms with van der Waals surface area (Å²) in [4.78, 5) is 37.0. The molecule has 0 rings (SSSR count). The number of quaternary nitrogens is 1. The van der Waals surface area contributed by atoms with Crippen LogP contribution in [0.4, 0.5) is 0 Å². The van der Waals surface area contributed by atoms with Crippen molar-refractivity contribution >= 4 is 17.9 Å². The summed E-state index contributed by atoms with van der Waals surface area (Å²) in [6.07, 6.45) is 44.3. The lowest BCUT2D eigenvalue weighted by atomic mass is 10.0. The first kappa shape index (κ1) is 52.3. The molecular formula is C47H84NO7+. The number of rotatable bonds is 39. The fourth-order valence-electron chi connectivity index (χ4n) is 6.40. The molecule has 0 amide bonds. The molecule has 0 fully saturated rings. The first-order valence-corrected chi connectivity index (χ1v) is 22.2. The number of likely N-dealkylation sites (N-methyl/N-ethyl adjacent to an activating group) is 1. The van der Waals surface area contributed by atoms with Crippen molar-refractivity contribution in [3.63, 3.8) is 0 Å². The van der Waals surface area contributed by atoms with Crippen LogP contribution < -0.4 is 0 Å². The number of esters is 2. The maximum absolute atomic E-state index is 12.7. The van der Waals surface area contributed by atoms with Gasteiger partial charge in [0.2, 0.25) is 0 Å². The smallest absolute Gasteiger partial charge is 0.362 e. The molecule has 2 unspecified atom stereocenters. The van der Waals surface area contributed by atoms with Crippen molar-refractivity contribution in [2.75, 3.05) is 41.0 Å². The van der Waals surface area contributed by atoms with E-state index < -0.39 is 18.1 Å². The van der Waals surface area contributed by atoms with E-state index in [0.29, 0.717) is 19.3 Å². The third-order valence-electron chi connectivity index (χ3n) is 9.84. The summed E-state index contributed by atoms with van der Waals surface area (Å²) in [6.45, 7) is 4.58. The van der Waals surface area contributed by atoms with Crippen molar-refractivity contribution in [2.45, 2.75) is 193 Å². The lowest BCUT2D eigenvalue weighted by molar-refractivity contribution is -0.887. The van der Waals surface area contributed by atoms with Gasteiger partial charge in [-0.1, -0.05) is 178 Å². The Balaban J connectivity index is 4.36. The van der Waals surface area contributed by atoms with Crippen LogP contribution in [-0.4, -0.2) is 80.6 Å². The van der Waals surface area contributed by atoms with Gasteiger partial charge in [0.15, 0.2) is 12.1 Å². The van der Waals surface area contributed by atoms with Gasteiger partial charge in [-0.2, -0.15) is 0 Å². The number of carbonyl (C=O) groups excluding carboxylic acids is 2. The van der Waals surface area contributed by atoms with Crippen LogP contribution in [0.1, 0.15) is 181 Å². The average molecular weight is 775 g/mol. The topological polar surface area (TPSA) is 99.1 Å². The van der Waals surface area contributed by atoms with Gasteiger partial charge < -0.3 is 23.8 Å². The van der Waals surface area contributed by atoms with Crippen molar-refractivity contribution in [2.24, 2.45) is 0 Å². The third kappa shape index (κ3) is 36.7. The molecule has 318 valence electrons. The van der Waals surface area contributed by atoms with Crippen LogP contribution in [0.5, 0.6) is 0 Å². The molecule has 1 N–H and O–H groups in total. The second-order valence-corrected chi connectivity index (χ2v) is 16.0. The Kier molecular flexibility index (Phi) is 36.3. The van der Waals surface area contributed by atoms with Crippen LogP contribution in [-0.2, 0) is 28.6 Å². The molecule has 8 heteroatoms. The summed E-state index contributed by atoms with van der Waals surface area (Å²) in [5, 5.41) is 9.62. The second-order valence-electron chi connectivity index (χ2n) is 16.0. The molecule has 8 nitrogen and oxygen atoms in total. The fraction of sp³-hybridized carbons (Fsp3) is 0.766. The van der Waals surface area contributed by atoms with Gasteiger partial charge in [-0.3, -0.25) is 9.59 Å². The van der Waals surface area contributed by atoms with Crippen molar-refractivity contribution < 1.29 is 38.2 Å². The maximum Gasteiger partial charge on any atom is 0.362 e. The van der Waals surface area contributed by atoms with Crippen LogP contribution in [0.3, 0.4) is 0 Å². The predicted octanol–water partition coefficient (Wildman–Crippen LogP) is 12.0. The highest BCUT2D eigenvalue weighted by atomic mass is 16.6. The Morgan fingerprint density at radius 2 is 1.02 bits per heavy atom. The van der Waals surface area contributed by atoms with Gasteiger partial charge in [0.05, 0.1) is 34.4 Å². The van der Waals surface area contributed by atoms with Crippen LogP contribution in [0.15, 0.2) is 48.6 Å². The molecule has 0 aromatic rings. The molecule has 0 saturated carbocycles. The summed E-state index contributed by atoms with van der Waals surface area (Å²) in [5.74, 6) is -1.49. The minimum Gasteiger partial charge on any atom is -0.477 e. The van der Waals surface area contributed by atoms with E-state index in [0.717, 1.165) is 64.2 Å². The van der Waals surface area contributed by atoms with E-state index in [1.165, 1.54) is 83.5 Å². The largest absolute Gasteiger partial charge is 0.477 e. The van der Waals surface area contributed by atoms with Gasteiger partial charge in [-0.05, 0) is 32.1 Å². The highest BCUT2D eigenvalue weighted by Gasteiger charge is 2.31. The van der Waals surface area contributed by atoms with Gasteiger partial charge in [0, 0.05) is 19.3 Å². The lowest BCUT2D eigenvalue weighted by Gasteiger charge is -2.31. The number of hydrogen-bond acceptors (Lipinski definition) is 6. The first-order chi connectivity index (χ1) is 26.6. The number of carbonyl (C=O) groups is 3. The summed E-state index contributed by atoms with van der Waals surface area (Å²) in [5.41, 5.74) is 0. The normalized spacial score (nSPS) is 13.4. The summed E-state index contributed by atoms with van der Waals surface area (Å²) < 4.78 is 17.3. The SMILES string of the molecule is CC/C=C/C=C/C=C/C=C/CCCCCCCC(=O)OC(COCCC(C(=O)O)[N+](C)(C)C)COC(=O)CCCCCCCCCCCCCCCCCC. The van der Waals surface area contributed by atoms with E-state index in [9.17, 15) is 19.5 Å². The molecule has 0 aromatic carbocycles. The summed E-state index contributed by atoms with van der Waals surface area (Å²) in [6, 6.07) is -0.619. The molecule has 0 aliphatic carbocycles. The minimum absolute atomic E-state index is 0.0520. The van der Waals surface area contributed by atoms with E-state index in [1.807, 2.05) is 45.4 Å². The highest BCUT2D eigenvalue weighted by molar-refractivity contribution is 5.72. The molecule has 0 aromatic heterocycles. The van der Waals surface area contributed by atoms with Gasteiger partial charge >= 0.3 is 17.9 Å². The number of carboxylic acid groups (broad SMARTS) is 1. The maximum atomic E-state index is 12.7. The first-order valence-electron chi connectivity index (χ1n) is 22.2. The van der Waals surface area contributed by atoms with Gasteiger partial charge in [-0.15, -0.1) is 0 Å². The zero-order valence-electron chi connectivity index (χ0n) is 36.1. The quantitative estimate of drug-likeness (QED) is 0.0287. The monoisotopic (exact) mass is 775 g/mol. The average Bonchev–Trinajstić information content (AvgIpc) is 3.14. The number of nitrogens with zero attached hydrogens (tertiary/aromatic N) is 1. The van der Waals surface area contributed by atoms with Crippen LogP contribution >= 0.6 is 0 Å². The van der Waals surface area contributed by atoms with Crippen molar-refractivity contribution in [3.05, 3.63) is 48.6 Å². The molecule has 0 aliphatic rings. The molecular weight excluding hydrogens is 691 g/mol. The Hall–Kier alpha value is -2.71. The van der Waals surface area contributed by atoms with Crippen LogP contribution in [0.2, 0.25) is 0 Å². The minimum atomic E-state index is -0.880. The number of ether oxygens (including phenoxy) is 3. The Morgan fingerprint density at radius 3 is 1.51 bits per heavy atom. The number of carboxylic acids is 1. The number of unbranched alkanes of at least 4 members (excludes halogenated alkanes) is 20. The standard InChI is InChI=1S/C47H83NO7/c1-6-8-10-12-14-16-18-20-22-24-25-27-29-31-33-35-37-45(49)54-42-43(41-53-40-39-44(47(51)52)48(3,4)5)55-46(50)38-36-34-32-30-28-26-23-21-19-17-15-13-11-9-7-2/h9,11,13,15,17,19,21,23,43-44H,6-8,10,12,14,16,18,20,22,24-42H2,1-5H3/p+1/b11-9+,15-13+,19-17+,23-21+. The van der Waals surface area contributed by atoms with E-state index in [4.69, 9.17) is 14.2 Å². The molecule has 0 radical (unpaired) electrons. The molecule has 0 aliphatic heterocycles. The van der Waals surface area contributed by atoms with Gasteiger partial charge in [0.1, 0.15) is 6.61 Å². The molecule has 0 saturated heterocycles. The third-order valence-corrected chi connectivity index (χ3v) is 9.84. The van der Waals surface area contributed by atoms with Crippen molar-refractivity contribution in [1.82, 2.24) is 0 Å². The zero-order valence-corrected chi connectivity index (χ0v) is 36.1. The van der Waals surface area contributed by atoms with E-state index in [-0.39, 0.29) is 36.2 Å². The van der Waals surface area contributed by atoms with Gasteiger partial charge in [0.25, 0.3) is 0 Å². The Labute approximate surface area is 337 Å². The zero-order chi connectivity index (χ0) is 40.7. The van der Waals surface area contributed by atoms with Crippen molar-refractivity contribution in [1.29, 1.82) is 0 Å². The van der Waals surface area contributed by atoms with Gasteiger partial charge in [-0.25, -0.2) is 4.79 Å². The highest BCUT2D eigenvalue weighted by Crippen LogP contribution is 2.15. The van der Waals surface area contributed by atoms with Crippen LogP contribution in [0.25, 0.3) is 0 Å². The molecule has 0 spiro atoms. The summed E-state index contributed by atoms with van der Waals surface area (Å²) >= 11 is 0. The molecule has 0 bridgehead atoms. The number of hydrogen-bond donors (Lipinski definition) is 1. The van der Waals surface area contributed by atoms with Crippen molar-refractivity contribution in [3.8, 4) is 0 Å². The van der Waals surface area contributed by atoms with E-state index in [2.05, 4.69) is 38.2 Å². The molecule has 55 heavy (non-hydrogen) atoms. The van der Waals surface area contributed by atoms with E-state index in [1.54, 1.807) is 0 Å². The Bertz CT molecular complexity index is 1040. The van der Waals surface area contributed by atoms with Crippen LogP contribution in [0, 0.1) is 0 Å². The predicted molar refractivity (Wildman–Crippen MR) is 229 cm³/mol. The van der Waals surface area contributed by atoms with E-state index >= 15 is 0 Å². The number of allylic oxidation sites excluding steroid dienone is 8. The lowest BCUT2D eigenvalue weighted by Crippen LogP contribution is -2.50.